The molecule has 0 spiro atoms. The maximum Gasteiger partial charge on any atom is 0.305 e. The van der Waals surface area contributed by atoms with Gasteiger partial charge in [-0.1, -0.05) is 26.3 Å². The van der Waals surface area contributed by atoms with Crippen molar-refractivity contribution in [3.05, 3.63) is 30.0 Å². The third-order valence-electron chi connectivity index (χ3n) is 6.04. The van der Waals surface area contributed by atoms with Crippen LogP contribution in [0, 0.1) is 11.8 Å². The van der Waals surface area contributed by atoms with Gasteiger partial charge in [0.05, 0.1) is 17.8 Å². The summed E-state index contributed by atoms with van der Waals surface area (Å²) in [5, 5.41) is 0. The molecule has 4 rings (SSSR count). The summed E-state index contributed by atoms with van der Waals surface area (Å²) in [5.41, 5.74) is 1.35. The second-order valence-corrected chi connectivity index (χ2v) is 7.94. The van der Waals surface area contributed by atoms with Gasteiger partial charge in [0, 0.05) is 12.8 Å². The van der Waals surface area contributed by atoms with Gasteiger partial charge in [-0.25, -0.2) is 0 Å². The fourth-order valence-corrected chi connectivity index (χ4v) is 4.55. The zero-order valence-electron chi connectivity index (χ0n) is 17.0. The molecular weight excluding hydrogens is 372 g/mol. The van der Waals surface area contributed by atoms with E-state index in [0.717, 1.165) is 18.4 Å². The molecule has 1 aromatic rings. The van der Waals surface area contributed by atoms with E-state index in [1.165, 1.54) is 0 Å². The highest BCUT2D eigenvalue weighted by Gasteiger charge is 2.45. The molecule has 0 bridgehead atoms. The Balaban J connectivity index is 1.55. The number of hydrogen-bond acceptors (Lipinski definition) is 6. The van der Waals surface area contributed by atoms with Crippen LogP contribution in [0.3, 0.4) is 0 Å². The first kappa shape index (κ1) is 19.8. The van der Waals surface area contributed by atoms with E-state index in [-0.39, 0.29) is 35.8 Å². The van der Waals surface area contributed by atoms with E-state index in [9.17, 15) is 9.59 Å². The number of carbonyl (C=O) groups is 2. The minimum absolute atomic E-state index is 0.0966. The van der Waals surface area contributed by atoms with Crippen molar-refractivity contribution < 1.29 is 28.5 Å². The largest absolute Gasteiger partial charge is 0.496 e. The Labute approximate surface area is 171 Å². The van der Waals surface area contributed by atoms with Gasteiger partial charge in [0.25, 0.3) is 0 Å². The Hall–Kier alpha value is -2.50. The van der Waals surface area contributed by atoms with Crippen LogP contribution < -0.4 is 9.47 Å². The van der Waals surface area contributed by atoms with Crippen molar-refractivity contribution in [2.75, 3.05) is 13.2 Å². The highest BCUT2D eigenvalue weighted by Crippen LogP contribution is 2.42. The van der Waals surface area contributed by atoms with E-state index >= 15 is 0 Å². The fourth-order valence-electron chi connectivity index (χ4n) is 4.55. The third kappa shape index (κ3) is 3.98. The average molecular weight is 400 g/mol. The second kappa shape index (κ2) is 8.47. The molecule has 2 aliphatic heterocycles. The van der Waals surface area contributed by atoms with Crippen LogP contribution in [0.15, 0.2) is 24.5 Å². The number of allylic oxidation sites excluding steroid dienone is 1. The number of esters is 1. The van der Waals surface area contributed by atoms with Crippen molar-refractivity contribution in [1.82, 2.24) is 0 Å². The van der Waals surface area contributed by atoms with Crippen LogP contribution in [0.1, 0.15) is 51.5 Å². The summed E-state index contributed by atoms with van der Waals surface area (Å²) >= 11 is 0. The first-order chi connectivity index (χ1) is 14.1. The molecule has 156 valence electrons. The van der Waals surface area contributed by atoms with E-state index in [0.29, 0.717) is 49.5 Å². The highest BCUT2D eigenvalue weighted by molar-refractivity contribution is 6.22. The summed E-state index contributed by atoms with van der Waals surface area (Å²) < 4.78 is 22.9. The first-order valence-corrected chi connectivity index (χ1v) is 10.6. The van der Waals surface area contributed by atoms with Crippen molar-refractivity contribution in [2.24, 2.45) is 11.8 Å². The van der Waals surface area contributed by atoms with Gasteiger partial charge in [0.1, 0.15) is 25.4 Å². The number of rotatable bonds is 5. The van der Waals surface area contributed by atoms with Crippen LogP contribution in [0.25, 0.3) is 5.57 Å². The van der Waals surface area contributed by atoms with E-state index in [2.05, 4.69) is 6.92 Å². The summed E-state index contributed by atoms with van der Waals surface area (Å²) in [6, 6.07) is 5.56. The topological polar surface area (TPSA) is 71.1 Å². The smallest absolute Gasteiger partial charge is 0.305 e. The Kier molecular flexibility index (Phi) is 5.79. The lowest BCUT2D eigenvalue weighted by Crippen LogP contribution is -2.46. The van der Waals surface area contributed by atoms with Crippen molar-refractivity contribution in [3.63, 3.8) is 0 Å². The van der Waals surface area contributed by atoms with Gasteiger partial charge in [-0.3, -0.25) is 9.59 Å². The molecule has 0 amide bonds. The molecule has 1 aliphatic carbocycles. The van der Waals surface area contributed by atoms with Crippen molar-refractivity contribution in [2.45, 2.75) is 58.2 Å². The molecule has 6 heteroatoms. The Bertz CT molecular complexity index is 814. The first-order valence-electron chi connectivity index (χ1n) is 10.6. The Morgan fingerprint density at radius 1 is 1.14 bits per heavy atom. The van der Waals surface area contributed by atoms with Gasteiger partial charge in [0.15, 0.2) is 17.3 Å². The van der Waals surface area contributed by atoms with E-state index in [4.69, 9.17) is 18.9 Å². The van der Waals surface area contributed by atoms with Gasteiger partial charge in [-0.15, -0.1) is 0 Å². The SMILES string of the molecule is CCCC1CC2C(=O)C(c3ccc4c(c3)OCCO4)=COC2CC1OC(=O)CC. The summed E-state index contributed by atoms with van der Waals surface area (Å²) in [5.74, 6) is 1.23. The molecule has 0 radical (unpaired) electrons. The zero-order chi connectivity index (χ0) is 20.4. The predicted octanol–water partition coefficient (Wildman–Crippen LogP) is 3.91. The number of hydrogen-bond donors (Lipinski definition) is 0. The van der Waals surface area contributed by atoms with E-state index < -0.39 is 0 Å². The van der Waals surface area contributed by atoms with Gasteiger partial charge < -0.3 is 18.9 Å². The lowest BCUT2D eigenvalue weighted by molar-refractivity contribution is -0.159. The fraction of sp³-hybridized carbons (Fsp3) is 0.565. The molecule has 2 heterocycles. The van der Waals surface area contributed by atoms with Crippen LogP contribution in [-0.4, -0.2) is 37.2 Å². The molecule has 1 aromatic carbocycles. The zero-order valence-corrected chi connectivity index (χ0v) is 17.0. The van der Waals surface area contributed by atoms with Gasteiger partial charge >= 0.3 is 5.97 Å². The molecule has 29 heavy (non-hydrogen) atoms. The average Bonchev–Trinajstić information content (AvgIpc) is 2.74. The normalized spacial score (nSPS) is 28.1. The second-order valence-electron chi connectivity index (χ2n) is 7.94. The van der Waals surface area contributed by atoms with Crippen LogP contribution in [-0.2, 0) is 19.1 Å². The number of Topliss-reactive ketones (excluding diaryl/α,β-unsaturated/α-hetero) is 1. The van der Waals surface area contributed by atoms with Crippen LogP contribution in [0.2, 0.25) is 0 Å². The standard InChI is InChI=1S/C23H28O6/c1-3-5-15-10-16-20(12-19(15)29-22(24)4-2)28-13-17(23(16)25)14-6-7-18-21(11-14)27-9-8-26-18/h6-7,11,13,15-16,19-20H,3-5,8-10,12H2,1-2H3. The van der Waals surface area contributed by atoms with Gasteiger partial charge in [0.2, 0.25) is 0 Å². The molecule has 1 saturated carbocycles. The lowest BCUT2D eigenvalue weighted by Gasteiger charge is -2.41. The number of carbonyl (C=O) groups excluding carboxylic acids is 2. The minimum Gasteiger partial charge on any atom is -0.496 e. The molecule has 1 fully saturated rings. The molecule has 6 nitrogen and oxygen atoms in total. The minimum atomic E-state index is -0.244. The van der Waals surface area contributed by atoms with E-state index in [1.807, 2.05) is 18.2 Å². The molecule has 0 saturated heterocycles. The Morgan fingerprint density at radius 2 is 1.93 bits per heavy atom. The lowest BCUT2D eigenvalue weighted by atomic mass is 9.71. The number of ether oxygens (including phenoxy) is 4. The molecule has 0 N–H and O–H groups in total. The number of fused-ring (bicyclic) bond motifs is 2. The predicted molar refractivity (Wildman–Crippen MR) is 107 cm³/mol. The van der Waals surface area contributed by atoms with Crippen molar-refractivity contribution in [1.29, 1.82) is 0 Å². The quantitative estimate of drug-likeness (QED) is 0.698. The summed E-state index contributed by atoms with van der Waals surface area (Å²) in [4.78, 5) is 25.2. The third-order valence-corrected chi connectivity index (χ3v) is 6.04. The summed E-state index contributed by atoms with van der Waals surface area (Å²) in [6.07, 6.45) is 4.67. The van der Waals surface area contributed by atoms with Crippen LogP contribution >= 0.6 is 0 Å². The highest BCUT2D eigenvalue weighted by atomic mass is 16.6. The summed E-state index contributed by atoms with van der Waals surface area (Å²) in [6.45, 7) is 4.95. The molecular formula is C23H28O6. The summed E-state index contributed by atoms with van der Waals surface area (Å²) in [7, 11) is 0. The molecule has 4 unspecified atom stereocenters. The van der Waals surface area contributed by atoms with Crippen molar-refractivity contribution in [3.8, 4) is 11.5 Å². The van der Waals surface area contributed by atoms with E-state index in [1.54, 1.807) is 13.2 Å². The molecule has 4 atom stereocenters. The molecule has 3 aliphatic rings. The maximum absolute atomic E-state index is 13.3. The van der Waals surface area contributed by atoms with Crippen LogP contribution in [0.4, 0.5) is 0 Å². The number of benzene rings is 1. The van der Waals surface area contributed by atoms with Crippen molar-refractivity contribution >= 4 is 17.3 Å². The maximum atomic E-state index is 13.3. The van der Waals surface area contributed by atoms with Crippen LogP contribution in [0.5, 0.6) is 11.5 Å². The monoisotopic (exact) mass is 400 g/mol. The van der Waals surface area contributed by atoms with Gasteiger partial charge in [-0.2, -0.15) is 0 Å². The number of ketones is 1. The molecule has 0 aromatic heterocycles. The Morgan fingerprint density at radius 3 is 2.69 bits per heavy atom. The van der Waals surface area contributed by atoms with Gasteiger partial charge in [-0.05, 0) is 36.5 Å².